The summed E-state index contributed by atoms with van der Waals surface area (Å²) in [6, 6.07) is 0.206. The zero-order chi connectivity index (χ0) is 17.8. The predicted octanol–water partition coefficient (Wildman–Crippen LogP) is 2.09. The molecule has 0 aromatic rings. The number of aliphatic hydroxyl groups is 1. The summed E-state index contributed by atoms with van der Waals surface area (Å²) in [6.07, 6.45) is 4.96. The Morgan fingerprint density at radius 1 is 1.44 bits per heavy atom. The molecule has 1 aliphatic carbocycles. The zero-order valence-electron chi connectivity index (χ0n) is 15.0. The first-order valence-corrected chi connectivity index (χ1v) is 9.09. The van der Waals surface area contributed by atoms with E-state index in [4.69, 9.17) is 9.97 Å². The van der Waals surface area contributed by atoms with Gasteiger partial charge in [0.25, 0.3) is 0 Å². The number of anilines is 1. The zero-order valence-corrected chi connectivity index (χ0v) is 15.0. The molecule has 0 saturated heterocycles. The van der Waals surface area contributed by atoms with Crippen LogP contribution in [-0.4, -0.2) is 35.9 Å². The molecule has 2 atom stereocenters. The summed E-state index contributed by atoms with van der Waals surface area (Å²) in [6.45, 7) is 7.26. The molecule has 3 heterocycles. The van der Waals surface area contributed by atoms with Gasteiger partial charge in [-0.1, -0.05) is 13.0 Å². The SMILES string of the molecule is CCCn1c2nc(C3=CCC(C)(O)CC3)nc-2c2n(c1=O)C[C@@H](C)N2. The fourth-order valence-corrected chi connectivity index (χ4v) is 3.73. The Hall–Kier alpha value is -2.15. The highest BCUT2D eigenvalue weighted by Gasteiger charge is 2.31. The summed E-state index contributed by atoms with van der Waals surface area (Å²) >= 11 is 0. The van der Waals surface area contributed by atoms with Gasteiger partial charge in [-0.25, -0.2) is 14.8 Å². The van der Waals surface area contributed by atoms with Crippen molar-refractivity contribution in [2.45, 2.75) is 71.2 Å². The highest BCUT2D eigenvalue weighted by atomic mass is 16.3. The van der Waals surface area contributed by atoms with Crippen LogP contribution in [0.3, 0.4) is 0 Å². The lowest BCUT2D eigenvalue weighted by atomic mass is 9.87. The number of hydrogen-bond acceptors (Lipinski definition) is 5. The first-order valence-electron chi connectivity index (χ1n) is 9.09. The molecule has 0 aromatic carbocycles. The maximum Gasteiger partial charge on any atom is 0.331 e. The molecule has 0 fully saturated rings. The van der Waals surface area contributed by atoms with Gasteiger partial charge in [0.2, 0.25) is 0 Å². The average molecular weight is 343 g/mol. The lowest BCUT2D eigenvalue weighted by molar-refractivity contribution is 0.0523. The van der Waals surface area contributed by atoms with Gasteiger partial charge in [-0.2, -0.15) is 0 Å². The number of rotatable bonds is 3. The Balaban J connectivity index is 1.87. The third-order valence-electron chi connectivity index (χ3n) is 5.15. The minimum Gasteiger partial charge on any atom is -0.390 e. The number of fused-ring (bicyclic) bond motifs is 3. The van der Waals surface area contributed by atoms with Crippen molar-refractivity contribution in [3.63, 3.8) is 0 Å². The Kier molecular flexibility index (Phi) is 3.72. The number of imidazole rings is 1. The molecule has 7 nitrogen and oxygen atoms in total. The van der Waals surface area contributed by atoms with E-state index in [-0.39, 0.29) is 11.7 Å². The van der Waals surface area contributed by atoms with E-state index in [9.17, 15) is 9.90 Å². The highest BCUT2D eigenvalue weighted by molar-refractivity contribution is 5.74. The van der Waals surface area contributed by atoms with Crippen LogP contribution in [0.25, 0.3) is 17.1 Å². The lowest BCUT2D eigenvalue weighted by Gasteiger charge is -2.26. The Bertz CT molecular complexity index is 876. The standard InChI is InChI=1S/C18H25N5O2/c1-4-9-22-16-13(15-19-11(2)10-23(15)17(22)24)20-14(21-16)12-5-7-18(3,25)8-6-12/h5,11,19,25H,4,6-10H2,1-3H3/t11-,18?/m1/s1. The van der Waals surface area contributed by atoms with E-state index in [0.717, 1.165) is 29.9 Å². The van der Waals surface area contributed by atoms with Crippen molar-refractivity contribution >= 4 is 11.4 Å². The fraction of sp³-hybridized carbons (Fsp3) is 0.611. The molecule has 0 aromatic heterocycles. The predicted molar refractivity (Wildman–Crippen MR) is 96.7 cm³/mol. The van der Waals surface area contributed by atoms with E-state index in [1.165, 1.54) is 0 Å². The molecule has 0 spiro atoms. The van der Waals surface area contributed by atoms with E-state index in [1.54, 1.807) is 9.13 Å². The fourth-order valence-electron chi connectivity index (χ4n) is 3.73. The molecule has 0 radical (unpaired) electrons. The second-order valence-electron chi connectivity index (χ2n) is 7.59. The molecule has 7 heteroatoms. The molecule has 4 rings (SSSR count). The quantitative estimate of drug-likeness (QED) is 0.891. The van der Waals surface area contributed by atoms with Crippen molar-refractivity contribution < 1.29 is 5.11 Å². The minimum absolute atomic E-state index is 0.0202. The maximum atomic E-state index is 12.9. The second-order valence-corrected chi connectivity index (χ2v) is 7.59. The molecule has 134 valence electrons. The summed E-state index contributed by atoms with van der Waals surface area (Å²) in [5.41, 5.74) is 1.16. The van der Waals surface area contributed by atoms with Gasteiger partial charge in [0, 0.05) is 19.1 Å². The van der Waals surface area contributed by atoms with Crippen LogP contribution in [-0.2, 0) is 13.1 Å². The largest absolute Gasteiger partial charge is 0.390 e. The molecule has 3 aliphatic heterocycles. The second kappa shape index (κ2) is 5.69. The van der Waals surface area contributed by atoms with Gasteiger partial charge in [0.05, 0.1) is 5.60 Å². The van der Waals surface area contributed by atoms with E-state index < -0.39 is 5.60 Å². The number of allylic oxidation sites excluding steroid dienone is 1. The third-order valence-corrected chi connectivity index (χ3v) is 5.15. The number of hydrogen-bond donors (Lipinski definition) is 2. The highest BCUT2D eigenvalue weighted by Crippen LogP contribution is 2.35. The van der Waals surface area contributed by atoms with Crippen molar-refractivity contribution in [1.82, 2.24) is 19.1 Å². The molecule has 1 unspecified atom stereocenters. The van der Waals surface area contributed by atoms with Gasteiger partial charge < -0.3 is 10.4 Å². The molecule has 2 N–H and O–H groups in total. The van der Waals surface area contributed by atoms with Gasteiger partial charge in [-0.15, -0.1) is 0 Å². The smallest absolute Gasteiger partial charge is 0.331 e. The van der Waals surface area contributed by atoms with Gasteiger partial charge in [-0.3, -0.25) is 9.13 Å². The first-order chi connectivity index (χ1) is 11.9. The van der Waals surface area contributed by atoms with Crippen molar-refractivity contribution in [3.05, 3.63) is 22.4 Å². The van der Waals surface area contributed by atoms with Gasteiger partial charge in [0.15, 0.2) is 11.6 Å². The van der Waals surface area contributed by atoms with Crippen molar-refractivity contribution in [1.29, 1.82) is 0 Å². The van der Waals surface area contributed by atoms with Crippen LogP contribution in [0.2, 0.25) is 0 Å². The third kappa shape index (κ3) is 2.66. The maximum absolute atomic E-state index is 12.9. The van der Waals surface area contributed by atoms with Gasteiger partial charge >= 0.3 is 5.69 Å². The average Bonchev–Trinajstić information content (AvgIpc) is 3.15. The van der Waals surface area contributed by atoms with E-state index >= 15 is 0 Å². The van der Waals surface area contributed by atoms with E-state index in [0.29, 0.717) is 37.6 Å². The topological polar surface area (TPSA) is 85.0 Å². The number of aromatic nitrogens is 4. The summed E-state index contributed by atoms with van der Waals surface area (Å²) in [5, 5.41) is 13.5. The first kappa shape index (κ1) is 16.3. The molecule has 4 aliphatic rings. The van der Waals surface area contributed by atoms with Crippen LogP contribution in [0.4, 0.5) is 5.82 Å². The lowest BCUT2D eigenvalue weighted by Crippen LogP contribution is -2.32. The van der Waals surface area contributed by atoms with E-state index in [2.05, 4.69) is 19.2 Å². The summed E-state index contributed by atoms with van der Waals surface area (Å²) < 4.78 is 3.52. The molecule has 0 saturated carbocycles. The summed E-state index contributed by atoms with van der Waals surface area (Å²) in [4.78, 5) is 22.3. The van der Waals surface area contributed by atoms with Gasteiger partial charge in [0.1, 0.15) is 11.5 Å². The molecule has 25 heavy (non-hydrogen) atoms. The summed E-state index contributed by atoms with van der Waals surface area (Å²) in [7, 11) is 0. The number of nitrogens with zero attached hydrogens (tertiary/aromatic N) is 4. The van der Waals surface area contributed by atoms with Crippen LogP contribution in [0.1, 0.15) is 52.3 Å². The Labute approximate surface area is 146 Å². The normalized spacial score (nSPS) is 25.8. The van der Waals surface area contributed by atoms with Crippen LogP contribution in [0, 0.1) is 0 Å². The van der Waals surface area contributed by atoms with Gasteiger partial charge in [-0.05, 0) is 45.1 Å². The monoisotopic (exact) mass is 343 g/mol. The molecular formula is C18H25N5O2. The minimum atomic E-state index is -0.645. The van der Waals surface area contributed by atoms with Crippen LogP contribution >= 0.6 is 0 Å². The molecule has 0 bridgehead atoms. The van der Waals surface area contributed by atoms with Crippen LogP contribution in [0.5, 0.6) is 0 Å². The summed E-state index contributed by atoms with van der Waals surface area (Å²) in [5.74, 6) is 2.13. The Morgan fingerprint density at radius 3 is 2.92 bits per heavy atom. The van der Waals surface area contributed by atoms with Crippen LogP contribution < -0.4 is 11.0 Å². The van der Waals surface area contributed by atoms with Crippen molar-refractivity contribution in [2.24, 2.45) is 0 Å². The molecular weight excluding hydrogens is 318 g/mol. The van der Waals surface area contributed by atoms with Crippen molar-refractivity contribution in [3.8, 4) is 11.5 Å². The van der Waals surface area contributed by atoms with Crippen molar-refractivity contribution in [2.75, 3.05) is 5.32 Å². The van der Waals surface area contributed by atoms with E-state index in [1.807, 2.05) is 13.0 Å². The van der Waals surface area contributed by atoms with Crippen LogP contribution in [0.15, 0.2) is 10.9 Å². The Morgan fingerprint density at radius 2 is 2.24 bits per heavy atom. The number of nitrogens with one attached hydrogen (secondary N) is 1. The molecule has 0 amide bonds.